The van der Waals surface area contributed by atoms with Crippen LogP contribution >= 0.6 is 0 Å². The molecule has 108 valence electrons. The monoisotopic (exact) mass is 292 g/mol. The van der Waals surface area contributed by atoms with Gasteiger partial charge in [0.15, 0.2) is 0 Å². The molecule has 0 spiro atoms. The Morgan fingerprint density at radius 3 is 2.57 bits per heavy atom. The van der Waals surface area contributed by atoms with Crippen molar-refractivity contribution in [2.24, 2.45) is 0 Å². The number of nitrogens with zero attached hydrogens (tertiary/aromatic N) is 2. The Hall–Kier alpha value is -2.50. The van der Waals surface area contributed by atoms with Gasteiger partial charge in [-0.1, -0.05) is 18.2 Å². The van der Waals surface area contributed by atoms with Gasteiger partial charge in [0, 0.05) is 5.56 Å². The summed E-state index contributed by atoms with van der Waals surface area (Å²) in [7, 11) is 1.50. The number of rotatable bonds is 2. The van der Waals surface area contributed by atoms with Gasteiger partial charge in [0.1, 0.15) is 11.6 Å². The van der Waals surface area contributed by atoms with Gasteiger partial charge < -0.3 is 4.74 Å². The third-order valence-corrected chi connectivity index (χ3v) is 3.21. The molecule has 0 saturated carbocycles. The fraction of sp³-hybridized carbons (Fsp3) is 0.133. The Kier molecular flexibility index (Phi) is 3.08. The normalized spacial score (nSPS) is 11.8. The van der Waals surface area contributed by atoms with E-state index in [1.165, 1.54) is 25.4 Å². The molecular formula is C15H11F3N2O. The van der Waals surface area contributed by atoms with Gasteiger partial charge in [-0.05, 0) is 18.2 Å². The summed E-state index contributed by atoms with van der Waals surface area (Å²) < 4.78 is 46.1. The third-order valence-electron chi connectivity index (χ3n) is 3.21. The third kappa shape index (κ3) is 2.33. The van der Waals surface area contributed by atoms with E-state index in [-0.39, 0.29) is 11.4 Å². The number of ether oxygens (including phenoxy) is 1. The van der Waals surface area contributed by atoms with Gasteiger partial charge >= 0.3 is 6.18 Å². The number of hydrogen-bond acceptors (Lipinski definition) is 2. The van der Waals surface area contributed by atoms with Crippen molar-refractivity contribution < 1.29 is 17.9 Å². The van der Waals surface area contributed by atoms with Crippen LogP contribution in [0.4, 0.5) is 13.2 Å². The first-order valence-corrected chi connectivity index (χ1v) is 6.18. The minimum atomic E-state index is -4.43. The number of aromatic nitrogens is 2. The first-order valence-electron chi connectivity index (χ1n) is 6.18. The molecule has 2 aromatic heterocycles. The maximum Gasteiger partial charge on any atom is 0.417 e. The van der Waals surface area contributed by atoms with E-state index in [1.54, 1.807) is 28.8 Å². The van der Waals surface area contributed by atoms with E-state index in [0.717, 1.165) is 6.07 Å². The second-order valence-electron chi connectivity index (χ2n) is 4.49. The summed E-state index contributed by atoms with van der Waals surface area (Å²) in [4.78, 5) is 4.12. The molecule has 0 radical (unpaired) electrons. The zero-order valence-electron chi connectivity index (χ0n) is 11.1. The van der Waals surface area contributed by atoms with Gasteiger partial charge in [0.25, 0.3) is 0 Å². The summed E-state index contributed by atoms with van der Waals surface area (Å²) in [5.41, 5.74) is 0.0290. The minimum Gasteiger partial charge on any atom is -0.495 e. The number of alkyl halides is 3. The number of pyridine rings is 1. The summed E-state index contributed by atoms with van der Waals surface area (Å²) in [6.07, 6.45) is -1.28. The molecule has 0 bridgehead atoms. The molecular weight excluding hydrogens is 281 g/mol. The topological polar surface area (TPSA) is 26.5 Å². The SMILES string of the molecule is COc1ccc2cnc(-c3ccccc3C(F)(F)F)n2c1. The number of halogens is 3. The summed E-state index contributed by atoms with van der Waals surface area (Å²) >= 11 is 0. The first kappa shape index (κ1) is 13.5. The molecule has 1 aromatic carbocycles. The van der Waals surface area contributed by atoms with E-state index in [2.05, 4.69) is 4.98 Å². The number of hydrogen-bond donors (Lipinski definition) is 0. The van der Waals surface area contributed by atoms with Crippen molar-refractivity contribution in [1.29, 1.82) is 0 Å². The van der Waals surface area contributed by atoms with Gasteiger partial charge in [-0.15, -0.1) is 0 Å². The minimum absolute atomic E-state index is 0.0400. The first-order chi connectivity index (χ1) is 10.0. The lowest BCUT2D eigenvalue weighted by molar-refractivity contribution is -0.137. The smallest absolute Gasteiger partial charge is 0.417 e. The summed E-state index contributed by atoms with van der Waals surface area (Å²) in [6.45, 7) is 0. The van der Waals surface area contributed by atoms with Crippen LogP contribution in [0.5, 0.6) is 5.75 Å². The molecule has 0 N–H and O–H groups in total. The molecule has 3 aromatic rings. The molecule has 0 aliphatic carbocycles. The Bertz CT molecular complexity index is 793. The zero-order valence-corrected chi connectivity index (χ0v) is 11.1. The number of fused-ring (bicyclic) bond motifs is 1. The summed E-state index contributed by atoms with van der Waals surface area (Å²) in [5, 5.41) is 0. The van der Waals surface area contributed by atoms with Gasteiger partial charge in [0.2, 0.25) is 0 Å². The summed E-state index contributed by atoms with van der Waals surface area (Å²) in [5.74, 6) is 0.781. The number of benzene rings is 1. The van der Waals surface area contributed by atoms with Crippen molar-refractivity contribution in [3.05, 3.63) is 54.4 Å². The molecule has 3 nitrogen and oxygen atoms in total. The van der Waals surface area contributed by atoms with Crippen molar-refractivity contribution in [1.82, 2.24) is 9.38 Å². The van der Waals surface area contributed by atoms with Crippen molar-refractivity contribution >= 4 is 5.52 Å². The van der Waals surface area contributed by atoms with Crippen LogP contribution in [0.3, 0.4) is 0 Å². The maximum atomic E-state index is 13.1. The van der Waals surface area contributed by atoms with E-state index in [4.69, 9.17) is 4.74 Å². The second kappa shape index (κ2) is 4.80. The molecule has 0 unspecified atom stereocenters. The standard InChI is InChI=1S/C15H11F3N2O/c1-21-11-7-6-10-8-19-14(20(10)9-11)12-4-2-3-5-13(12)15(16,17)18/h2-9H,1H3. The fourth-order valence-corrected chi connectivity index (χ4v) is 2.22. The molecule has 0 atom stereocenters. The van der Waals surface area contributed by atoms with Crippen molar-refractivity contribution in [2.45, 2.75) is 6.18 Å². The van der Waals surface area contributed by atoms with E-state index < -0.39 is 11.7 Å². The lowest BCUT2D eigenvalue weighted by atomic mass is 10.1. The fourth-order valence-electron chi connectivity index (χ4n) is 2.22. The molecule has 0 aliphatic rings. The van der Waals surface area contributed by atoms with Crippen LogP contribution in [0.25, 0.3) is 16.9 Å². The van der Waals surface area contributed by atoms with Crippen LogP contribution in [0.1, 0.15) is 5.56 Å². The number of imidazole rings is 1. The van der Waals surface area contributed by atoms with E-state index in [9.17, 15) is 13.2 Å². The van der Waals surface area contributed by atoms with Gasteiger partial charge in [-0.3, -0.25) is 4.40 Å². The van der Waals surface area contributed by atoms with Crippen LogP contribution in [0, 0.1) is 0 Å². The Balaban J connectivity index is 2.26. The Labute approximate surface area is 118 Å². The summed E-state index contributed by atoms with van der Waals surface area (Å²) in [6, 6.07) is 8.87. The average Bonchev–Trinajstić information content (AvgIpc) is 2.89. The lowest BCUT2D eigenvalue weighted by Gasteiger charge is -2.12. The van der Waals surface area contributed by atoms with Gasteiger partial charge in [-0.2, -0.15) is 13.2 Å². The average molecular weight is 292 g/mol. The highest BCUT2D eigenvalue weighted by Gasteiger charge is 2.34. The van der Waals surface area contributed by atoms with Crippen LogP contribution in [-0.2, 0) is 6.18 Å². The predicted octanol–water partition coefficient (Wildman–Crippen LogP) is 4.03. The second-order valence-corrected chi connectivity index (χ2v) is 4.49. The predicted molar refractivity (Wildman–Crippen MR) is 72.2 cm³/mol. The van der Waals surface area contributed by atoms with Crippen molar-refractivity contribution in [2.75, 3.05) is 7.11 Å². The highest BCUT2D eigenvalue weighted by molar-refractivity contribution is 5.66. The molecule has 0 amide bonds. The van der Waals surface area contributed by atoms with E-state index in [0.29, 0.717) is 11.3 Å². The number of methoxy groups -OCH3 is 1. The van der Waals surface area contributed by atoms with E-state index in [1.807, 2.05) is 0 Å². The van der Waals surface area contributed by atoms with Crippen LogP contribution in [-0.4, -0.2) is 16.5 Å². The van der Waals surface area contributed by atoms with Crippen LogP contribution < -0.4 is 4.74 Å². The van der Waals surface area contributed by atoms with Crippen LogP contribution in [0.2, 0.25) is 0 Å². The zero-order chi connectivity index (χ0) is 15.0. The highest BCUT2D eigenvalue weighted by atomic mass is 19.4. The van der Waals surface area contributed by atoms with Gasteiger partial charge in [0.05, 0.1) is 30.6 Å². The lowest BCUT2D eigenvalue weighted by Crippen LogP contribution is -2.08. The van der Waals surface area contributed by atoms with Crippen molar-refractivity contribution in [3.63, 3.8) is 0 Å². The maximum absolute atomic E-state index is 13.1. The molecule has 0 fully saturated rings. The van der Waals surface area contributed by atoms with Gasteiger partial charge in [-0.25, -0.2) is 4.98 Å². The molecule has 3 rings (SSSR count). The van der Waals surface area contributed by atoms with Crippen molar-refractivity contribution in [3.8, 4) is 17.1 Å². The Morgan fingerprint density at radius 2 is 1.86 bits per heavy atom. The highest BCUT2D eigenvalue weighted by Crippen LogP contribution is 2.36. The quantitative estimate of drug-likeness (QED) is 0.713. The molecule has 21 heavy (non-hydrogen) atoms. The van der Waals surface area contributed by atoms with Crippen LogP contribution in [0.15, 0.2) is 48.8 Å². The molecule has 2 heterocycles. The largest absolute Gasteiger partial charge is 0.495 e. The van der Waals surface area contributed by atoms with E-state index >= 15 is 0 Å². The molecule has 0 aliphatic heterocycles. The molecule has 0 saturated heterocycles. The Morgan fingerprint density at radius 1 is 1.10 bits per heavy atom. The molecule has 6 heteroatoms.